The quantitative estimate of drug-likeness (QED) is 0.462. The van der Waals surface area contributed by atoms with E-state index in [9.17, 15) is 9.59 Å². The smallest absolute Gasteiger partial charge is 0.330 e. The van der Waals surface area contributed by atoms with E-state index >= 15 is 0 Å². The molecule has 0 aliphatic heterocycles. The van der Waals surface area contributed by atoms with Gasteiger partial charge in [-0.15, -0.1) is 0 Å². The maximum atomic E-state index is 10.0. The Balaban J connectivity index is 0. The third-order valence-electron chi connectivity index (χ3n) is 0.943. The van der Waals surface area contributed by atoms with Crippen LogP contribution < -0.4 is 0 Å². The van der Waals surface area contributed by atoms with Crippen LogP contribution in [0.2, 0.25) is 0 Å². The van der Waals surface area contributed by atoms with Crippen LogP contribution in [-0.4, -0.2) is 45.2 Å². The second kappa shape index (κ2) is 6.18. The van der Waals surface area contributed by atoms with Crippen molar-refractivity contribution < 1.29 is 19.8 Å². The molecule has 0 bridgehead atoms. The molecular formula is C6H8MgO4. The first-order valence-electron chi connectivity index (χ1n) is 2.67. The molecule has 58 valence electrons. The van der Waals surface area contributed by atoms with E-state index in [4.69, 9.17) is 10.2 Å². The fraction of sp³-hybridized carbons (Fsp3) is 0.333. The van der Waals surface area contributed by atoms with E-state index in [1.54, 1.807) is 0 Å². The Kier molecular flexibility index (Phi) is 7.34. The van der Waals surface area contributed by atoms with Crippen molar-refractivity contribution in [1.82, 2.24) is 0 Å². The molecule has 0 saturated heterocycles. The zero-order chi connectivity index (χ0) is 8.15. The van der Waals surface area contributed by atoms with Gasteiger partial charge < -0.3 is 10.2 Å². The van der Waals surface area contributed by atoms with Gasteiger partial charge in [0.1, 0.15) is 0 Å². The molecule has 11 heavy (non-hydrogen) atoms. The maximum Gasteiger partial charge on any atom is 0.330 e. The number of aliphatic carboxylic acids is 2. The van der Waals surface area contributed by atoms with Crippen molar-refractivity contribution in [1.29, 1.82) is 0 Å². The van der Waals surface area contributed by atoms with Crippen molar-refractivity contribution in [3.8, 4) is 0 Å². The average molecular weight is 168 g/mol. The summed E-state index contributed by atoms with van der Waals surface area (Å²) in [4.78, 5) is 19.9. The van der Waals surface area contributed by atoms with Gasteiger partial charge in [-0.05, 0) is 6.42 Å². The Morgan fingerprint density at radius 2 is 1.64 bits per heavy atom. The van der Waals surface area contributed by atoms with Crippen LogP contribution in [0, 0.1) is 0 Å². The topological polar surface area (TPSA) is 74.6 Å². The van der Waals surface area contributed by atoms with Gasteiger partial charge in [0.2, 0.25) is 0 Å². The highest BCUT2D eigenvalue weighted by molar-refractivity contribution is 5.86. The standard InChI is InChI=1S/C6H8O4.Mg/c1-4(6(9)10)2-3-5(7)8;/h1-3H2,(H,7,8)(H,9,10);. The molecule has 0 rings (SSSR count). The van der Waals surface area contributed by atoms with Crippen LogP contribution in [-0.2, 0) is 9.59 Å². The Morgan fingerprint density at radius 3 is 1.91 bits per heavy atom. The molecule has 0 spiro atoms. The first-order chi connectivity index (χ1) is 4.54. The molecule has 0 fully saturated rings. The molecule has 0 atom stereocenters. The summed E-state index contributed by atoms with van der Waals surface area (Å²) in [5, 5.41) is 16.3. The van der Waals surface area contributed by atoms with E-state index in [2.05, 4.69) is 6.58 Å². The van der Waals surface area contributed by atoms with Gasteiger partial charge in [-0.1, -0.05) is 6.58 Å². The highest BCUT2D eigenvalue weighted by Crippen LogP contribution is 2.01. The van der Waals surface area contributed by atoms with Gasteiger partial charge in [-0.2, -0.15) is 0 Å². The van der Waals surface area contributed by atoms with E-state index in [0.717, 1.165) is 0 Å². The zero-order valence-electron chi connectivity index (χ0n) is 6.04. The molecule has 0 unspecified atom stereocenters. The van der Waals surface area contributed by atoms with Crippen molar-refractivity contribution in [2.24, 2.45) is 0 Å². The van der Waals surface area contributed by atoms with Crippen molar-refractivity contribution in [3.63, 3.8) is 0 Å². The number of carbonyl (C=O) groups is 2. The van der Waals surface area contributed by atoms with Crippen LogP contribution in [0.15, 0.2) is 12.2 Å². The summed E-state index contributed by atoms with van der Waals surface area (Å²) in [5.74, 6) is -2.15. The molecule has 4 nitrogen and oxygen atoms in total. The molecule has 0 aliphatic carbocycles. The highest BCUT2D eigenvalue weighted by atomic mass is 24.3. The second-order valence-electron chi connectivity index (χ2n) is 1.80. The molecule has 2 N–H and O–H groups in total. The molecule has 0 aromatic rings. The van der Waals surface area contributed by atoms with E-state index in [-0.39, 0.29) is 41.5 Å². The van der Waals surface area contributed by atoms with Crippen molar-refractivity contribution in [2.75, 3.05) is 0 Å². The molecule has 0 aliphatic rings. The summed E-state index contributed by atoms with van der Waals surface area (Å²) < 4.78 is 0. The van der Waals surface area contributed by atoms with Crippen molar-refractivity contribution in [3.05, 3.63) is 12.2 Å². The molecular weight excluding hydrogens is 160 g/mol. The van der Waals surface area contributed by atoms with Crippen LogP contribution in [0.1, 0.15) is 12.8 Å². The Morgan fingerprint density at radius 1 is 1.18 bits per heavy atom. The predicted octanol–water partition coefficient (Wildman–Crippen LogP) is 0.111. The van der Waals surface area contributed by atoms with Gasteiger partial charge in [0, 0.05) is 35.0 Å². The Hall–Kier alpha value is -0.554. The fourth-order valence-corrected chi connectivity index (χ4v) is 0.365. The lowest BCUT2D eigenvalue weighted by atomic mass is 10.2. The number of hydrogen-bond acceptors (Lipinski definition) is 2. The van der Waals surface area contributed by atoms with Gasteiger partial charge >= 0.3 is 11.9 Å². The fourth-order valence-electron chi connectivity index (χ4n) is 0.365. The largest absolute Gasteiger partial charge is 0.481 e. The van der Waals surface area contributed by atoms with E-state index in [0.29, 0.717) is 0 Å². The number of carboxylic acid groups (broad SMARTS) is 2. The van der Waals surface area contributed by atoms with E-state index in [1.165, 1.54) is 0 Å². The first kappa shape index (κ1) is 13.1. The van der Waals surface area contributed by atoms with Gasteiger partial charge in [0.15, 0.2) is 0 Å². The first-order valence-corrected chi connectivity index (χ1v) is 2.67. The summed E-state index contributed by atoms with van der Waals surface area (Å²) in [5.41, 5.74) is -0.0672. The SMILES string of the molecule is C=C(CCC(=O)O)C(=O)O.[Mg]. The molecule has 0 amide bonds. The van der Waals surface area contributed by atoms with Crippen LogP contribution in [0.4, 0.5) is 0 Å². The third kappa shape index (κ3) is 7.34. The van der Waals surface area contributed by atoms with Crippen molar-refractivity contribution >= 4 is 35.0 Å². The lowest BCUT2D eigenvalue weighted by Gasteiger charge is -1.94. The average Bonchev–Trinajstić information content (AvgIpc) is 1.82. The van der Waals surface area contributed by atoms with E-state index < -0.39 is 11.9 Å². The summed E-state index contributed by atoms with van der Waals surface area (Å²) >= 11 is 0. The van der Waals surface area contributed by atoms with Crippen LogP contribution in [0.3, 0.4) is 0 Å². The lowest BCUT2D eigenvalue weighted by molar-refractivity contribution is -0.137. The zero-order valence-corrected chi connectivity index (χ0v) is 7.45. The molecule has 0 heterocycles. The lowest BCUT2D eigenvalue weighted by Crippen LogP contribution is -2.02. The Labute approximate surface area is 80.1 Å². The maximum absolute atomic E-state index is 10.0. The molecule has 0 aromatic carbocycles. The second-order valence-corrected chi connectivity index (χ2v) is 1.80. The normalized spacial score (nSPS) is 8.00. The van der Waals surface area contributed by atoms with Gasteiger partial charge in [0.05, 0.1) is 0 Å². The van der Waals surface area contributed by atoms with Crippen LogP contribution >= 0.6 is 0 Å². The monoisotopic (exact) mass is 168 g/mol. The summed E-state index contributed by atoms with van der Waals surface area (Å²) in [7, 11) is 0. The number of hydrogen-bond donors (Lipinski definition) is 2. The van der Waals surface area contributed by atoms with Crippen LogP contribution in [0.5, 0.6) is 0 Å². The molecule has 0 saturated carbocycles. The summed E-state index contributed by atoms with van der Waals surface area (Å²) in [6.07, 6.45) is -0.171. The minimum atomic E-state index is -1.14. The molecule has 5 heteroatoms. The number of rotatable bonds is 4. The minimum Gasteiger partial charge on any atom is -0.481 e. The molecule has 0 aromatic heterocycles. The van der Waals surface area contributed by atoms with Gasteiger partial charge in [-0.3, -0.25) is 4.79 Å². The van der Waals surface area contributed by atoms with E-state index in [1.807, 2.05) is 0 Å². The number of carboxylic acids is 2. The highest BCUT2D eigenvalue weighted by Gasteiger charge is 2.05. The molecule has 2 radical (unpaired) electrons. The summed E-state index contributed by atoms with van der Waals surface area (Å²) in [6, 6.07) is 0. The van der Waals surface area contributed by atoms with Gasteiger partial charge in [-0.25, -0.2) is 4.79 Å². The van der Waals surface area contributed by atoms with Crippen molar-refractivity contribution in [2.45, 2.75) is 12.8 Å². The predicted molar refractivity (Wildman–Crippen MR) is 39.4 cm³/mol. The van der Waals surface area contributed by atoms with Gasteiger partial charge in [0.25, 0.3) is 0 Å². The Bertz CT molecular complexity index is 175. The summed E-state index contributed by atoms with van der Waals surface area (Å²) in [6.45, 7) is 3.16. The minimum absolute atomic E-state index is 0. The third-order valence-corrected chi connectivity index (χ3v) is 0.943. The van der Waals surface area contributed by atoms with Crippen LogP contribution in [0.25, 0.3) is 0 Å².